The molecule has 1 aliphatic carbocycles. The molecule has 3 aromatic rings. The number of amides is 1. The Balaban J connectivity index is 0.000000732. The number of hydrogen-bond donors (Lipinski definition) is 1. The van der Waals surface area contributed by atoms with Gasteiger partial charge in [0.05, 0.1) is 12.6 Å². The van der Waals surface area contributed by atoms with Gasteiger partial charge in [-0.3, -0.25) is 4.79 Å². The number of anilines is 1. The molecule has 0 saturated heterocycles. The summed E-state index contributed by atoms with van der Waals surface area (Å²) >= 11 is 0. The van der Waals surface area contributed by atoms with Crippen LogP contribution in [0.5, 0.6) is 5.75 Å². The molecule has 8 nitrogen and oxygen atoms in total. The lowest BCUT2D eigenvalue weighted by Gasteiger charge is -2.19. The molecule has 1 amide bonds. The molecule has 29 heavy (non-hydrogen) atoms. The number of aryl methyl sites for hydroxylation is 1. The third kappa shape index (κ3) is 4.90. The van der Waals surface area contributed by atoms with E-state index >= 15 is 0 Å². The van der Waals surface area contributed by atoms with Gasteiger partial charge in [-0.2, -0.15) is 4.52 Å². The molecule has 1 saturated carbocycles. The molecule has 1 fully saturated rings. The average molecular weight is 402 g/mol. The SMILES string of the molecule is C1CC1.COc1cc2nc(N)n3nc(CCC[C@H](C)N(C)C=O)nc3c2cc1F. The number of carbonyl (C=O) groups is 1. The Kier molecular flexibility index (Phi) is 6.46. The first-order valence-corrected chi connectivity index (χ1v) is 9.80. The molecule has 2 N–H and O–H groups in total. The molecular formula is C20H27FN6O2. The minimum absolute atomic E-state index is 0.0989. The van der Waals surface area contributed by atoms with Crippen molar-refractivity contribution in [2.45, 2.75) is 51.5 Å². The summed E-state index contributed by atoms with van der Waals surface area (Å²) in [4.78, 5) is 21.2. The molecule has 2 heterocycles. The van der Waals surface area contributed by atoms with Gasteiger partial charge in [-0.05, 0) is 25.8 Å². The first-order valence-electron chi connectivity index (χ1n) is 9.80. The Labute approximate surface area is 168 Å². The number of benzene rings is 1. The average Bonchev–Trinajstić information content (AvgIpc) is 3.53. The summed E-state index contributed by atoms with van der Waals surface area (Å²) in [5, 5.41) is 4.90. The Morgan fingerprint density at radius 2 is 2.07 bits per heavy atom. The maximum atomic E-state index is 14.1. The number of aromatic nitrogens is 4. The van der Waals surface area contributed by atoms with Crippen molar-refractivity contribution in [2.75, 3.05) is 19.9 Å². The van der Waals surface area contributed by atoms with Crippen LogP contribution in [0.25, 0.3) is 16.6 Å². The van der Waals surface area contributed by atoms with Crippen LogP contribution in [-0.2, 0) is 11.2 Å². The van der Waals surface area contributed by atoms with E-state index in [0.717, 1.165) is 19.3 Å². The highest BCUT2D eigenvalue weighted by atomic mass is 19.1. The summed E-state index contributed by atoms with van der Waals surface area (Å²) in [5.74, 6) is 0.377. The molecule has 4 rings (SSSR count). The highest BCUT2D eigenvalue weighted by molar-refractivity contribution is 5.93. The van der Waals surface area contributed by atoms with Crippen LogP contribution >= 0.6 is 0 Å². The minimum atomic E-state index is -0.497. The second kappa shape index (κ2) is 9.02. The number of fused-ring (bicyclic) bond motifs is 3. The molecule has 0 radical (unpaired) electrons. The predicted octanol–water partition coefficient (Wildman–Crippen LogP) is 2.98. The predicted molar refractivity (Wildman–Crippen MR) is 109 cm³/mol. The summed E-state index contributed by atoms with van der Waals surface area (Å²) in [5.41, 5.74) is 6.92. The van der Waals surface area contributed by atoms with E-state index in [1.807, 2.05) is 6.92 Å². The zero-order valence-electron chi connectivity index (χ0n) is 17.1. The number of nitrogens with zero attached hydrogens (tertiary/aromatic N) is 5. The molecule has 156 valence electrons. The number of nitrogen functional groups attached to an aromatic ring is 1. The standard InChI is InChI=1S/C17H21FN6O2.C3H6/c1-10(23(2)9-25)5-4-6-15-21-16-11-7-12(18)14(26-3)8-13(11)20-17(19)24(16)22-15;1-2-3-1/h7-10H,4-6H2,1-3H3,(H2,19,20);1-3H2/t10-;/m0./s1. The van der Waals surface area contributed by atoms with E-state index in [-0.39, 0.29) is 17.7 Å². The third-order valence-corrected chi connectivity index (χ3v) is 4.85. The summed E-state index contributed by atoms with van der Waals surface area (Å²) in [6.45, 7) is 1.98. The number of nitrogens with two attached hydrogens (primary N) is 1. The summed E-state index contributed by atoms with van der Waals surface area (Å²) in [6, 6.07) is 2.96. The van der Waals surface area contributed by atoms with Gasteiger partial charge in [0.1, 0.15) is 0 Å². The lowest BCUT2D eigenvalue weighted by Crippen LogP contribution is -2.27. The van der Waals surface area contributed by atoms with Gasteiger partial charge in [0, 0.05) is 31.0 Å². The van der Waals surface area contributed by atoms with Crippen LogP contribution < -0.4 is 10.5 Å². The molecule has 0 unspecified atom stereocenters. The maximum Gasteiger partial charge on any atom is 0.223 e. The van der Waals surface area contributed by atoms with Crippen molar-refractivity contribution in [3.63, 3.8) is 0 Å². The van der Waals surface area contributed by atoms with Crippen molar-refractivity contribution >= 4 is 28.9 Å². The normalized spacial score (nSPS) is 13.7. The zero-order chi connectivity index (χ0) is 21.0. The van der Waals surface area contributed by atoms with Crippen LogP contribution in [0.15, 0.2) is 12.1 Å². The van der Waals surface area contributed by atoms with Gasteiger partial charge in [0.15, 0.2) is 23.0 Å². The fourth-order valence-electron chi connectivity index (χ4n) is 2.80. The van der Waals surface area contributed by atoms with Gasteiger partial charge in [-0.15, -0.1) is 5.10 Å². The van der Waals surface area contributed by atoms with Gasteiger partial charge >= 0.3 is 0 Å². The molecule has 1 atom stereocenters. The highest BCUT2D eigenvalue weighted by Gasteiger charge is 2.15. The van der Waals surface area contributed by atoms with Crippen molar-refractivity contribution < 1.29 is 13.9 Å². The van der Waals surface area contributed by atoms with Crippen LogP contribution in [0.1, 0.15) is 44.9 Å². The van der Waals surface area contributed by atoms with E-state index < -0.39 is 5.82 Å². The largest absolute Gasteiger partial charge is 0.494 e. The highest BCUT2D eigenvalue weighted by Crippen LogP contribution is 2.27. The molecule has 1 aromatic carbocycles. The fourth-order valence-corrected chi connectivity index (χ4v) is 2.80. The minimum Gasteiger partial charge on any atom is -0.494 e. The molecule has 1 aliphatic rings. The van der Waals surface area contributed by atoms with Gasteiger partial charge in [0.25, 0.3) is 0 Å². The maximum absolute atomic E-state index is 14.1. The van der Waals surface area contributed by atoms with Crippen LogP contribution in [0, 0.1) is 5.82 Å². The molecule has 2 aromatic heterocycles. The molecule has 0 aliphatic heterocycles. The van der Waals surface area contributed by atoms with Crippen molar-refractivity contribution in [2.24, 2.45) is 0 Å². The lowest BCUT2D eigenvalue weighted by molar-refractivity contribution is -0.118. The molecule has 0 bridgehead atoms. The first kappa shape index (κ1) is 20.8. The Morgan fingerprint density at radius 1 is 1.34 bits per heavy atom. The fraction of sp³-hybridized carbons (Fsp3) is 0.500. The molecule has 9 heteroatoms. The van der Waals surface area contributed by atoms with E-state index in [0.29, 0.717) is 28.8 Å². The smallest absolute Gasteiger partial charge is 0.223 e. The zero-order valence-corrected chi connectivity index (χ0v) is 17.1. The van der Waals surface area contributed by atoms with Crippen LogP contribution in [-0.4, -0.2) is 51.1 Å². The summed E-state index contributed by atoms with van der Waals surface area (Å²) < 4.78 is 20.5. The quantitative estimate of drug-likeness (QED) is 0.610. The van der Waals surface area contributed by atoms with Crippen molar-refractivity contribution in [3.05, 3.63) is 23.8 Å². The van der Waals surface area contributed by atoms with Gasteiger partial charge < -0.3 is 15.4 Å². The van der Waals surface area contributed by atoms with E-state index in [1.165, 1.54) is 43.0 Å². The Bertz CT molecular complexity index is 1000. The van der Waals surface area contributed by atoms with E-state index in [2.05, 4.69) is 15.1 Å². The van der Waals surface area contributed by atoms with Gasteiger partial charge in [-0.1, -0.05) is 19.3 Å². The number of hydrogen-bond acceptors (Lipinski definition) is 6. The van der Waals surface area contributed by atoms with Crippen LogP contribution in [0.2, 0.25) is 0 Å². The third-order valence-electron chi connectivity index (χ3n) is 4.85. The monoisotopic (exact) mass is 402 g/mol. The number of methoxy groups -OCH3 is 1. The number of halogens is 1. The van der Waals surface area contributed by atoms with Gasteiger partial charge in [-0.25, -0.2) is 14.4 Å². The second-order valence-corrected chi connectivity index (χ2v) is 7.31. The van der Waals surface area contributed by atoms with Crippen molar-refractivity contribution in [1.29, 1.82) is 0 Å². The second-order valence-electron chi connectivity index (χ2n) is 7.31. The number of ether oxygens (including phenoxy) is 1. The first-order chi connectivity index (χ1) is 13.9. The number of rotatable bonds is 7. The lowest BCUT2D eigenvalue weighted by atomic mass is 10.1. The summed E-state index contributed by atoms with van der Waals surface area (Å²) in [7, 11) is 3.15. The van der Waals surface area contributed by atoms with Crippen molar-refractivity contribution in [1.82, 2.24) is 24.5 Å². The van der Waals surface area contributed by atoms with Gasteiger partial charge in [0.2, 0.25) is 12.4 Å². The Hall–Kier alpha value is -2.97. The van der Waals surface area contributed by atoms with E-state index in [1.54, 1.807) is 11.9 Å². The van der Waals surface area contributed by atoms with Crippen LogP contribution in [0.3, 0.4) is 0 Å². The Morgan fingerprint density at radius 3 is 2.69 bits per heavy atom. The number of carbonyl (C=O) groups excluding carboxylic acids is 1. The summed E-state index contributed by atoms with van der Waals surface area (Å²) in [6.07, 6.45) is 7.57. The van der Waals surface area contributed by atoms with Crippen LogP contribution in [0.4, 0.5) is 10.3 Å². The topological polar surface area (TPSA) is 98.6 Å². The van der Waals surface area contributed by atoms with Crippen molar-refractivity contribution in [3.8, 4) is 5.75 Å². The van der Waals surface area contributed by atoms with E-state index in [4.69, 9.17) is 10.5 Å². The molecular weight excluding hydrogens is 375 g/mol. The van der Waals surface area contributed by atoms with E-state index in [9.17, 15) is 9.18 Å². The molecule has 0 spiro atoms.